The molecule has 1 saturated heterocycles. The van der Waals surface area contributed by atoms with Crippen LogP contribution in [-0.4, -0.2) is 42.0 Å². The minimum absolute atomic E-state index is 0.101. The molecule has 1 aliphatic rings. The van der Waals surface area contributed by atoms with E-state index < -0.39 is 0 Å². The molecule has 25 heavy (non-hydrogen) atoms. The predicted octanol–water partition coefficient (Wildman–Crippen LogP) is 3.53. The molecule has 4 nitrogen and oxygen atoms in total. The van der Waals surface area contributed by atoms with Gasteiger partial charge < -0.3 is 10.0 Å². The second kappa shape index (κ2) is 7.28. The number of phenols is 1. The van der Waals surface area contributed by atoms with Crippen molar-refractivity contribution in [2.75, 3.05) is 31.1 Å². The van der Waals surface area contributed by atoms with Crippen LogP contribution in [0, 0.1) is 13.8 Å². The Labute approximate surface area is 149 Å². The zero-order chi connectivity index (χ0) is 18.0. The fraction of sp³-hybridized carbons (Fsp3) is 0.381. The Morgan fingerprint density at radius 1 is 1.00 bits per heavy atom. The molecule has 0 bridgehead atoms. The van der Waals surface area contributed by atoms with Crippen molar-refractivity contribution in [3.63, 3.8) is 0 Å². The van der Waals surface area contributed by atoms with Gasteiger partial charge in [0.2, 0.25) is 0 Å². The quantitative estimate of drug-likeness (QED) is 0.866. The summed E-state index contributed by atoms with van der Waals surface area (Å²) < 4.78 is 0. The van der Waals surface area contributed by atoms with Crippen molar-refractivity contribution >= 4 is 11.5 Å². The van der Waals surface area contributed by atoms with Crippen molar-refractivity contribution in [1.29, 1.82) is 0 Å². The molecule has 0 atom stereocenters. The molecule has 2 aromatic rings. The summed E-state index contributed by atoms with van der Waals surface area (Å²) in [5, 5.41) is 10.2. The first kappa shape index (κ1) is 17.5. The van der Waals surface area contributed by atoms with Gasteiger partial charge in [0.25, 0.3) is 0 Å². The van der Waals surface area contributed by atoms with Gasteiger partial charge >= 0.3 is 0 Å². The molecule has 1 aliphatic heterocycles. The van der Waals surface area contributed by atoms with Crippen molar-refractivity contribution in [3.05, 3.63) is 58.7 Å². The second-order valence-electron chi connectivity index (χ2n) is 6.93. The number of carbonyl (C=O) groups excluding carboxylic acids is 1. The van der Waals surface area contributed by atoms with E-state index in [4.69, 9.17) is 0 Å². The van der Waals surface area contributed by atoms with Gasteiger partial charge in [-0.05, 0) is 62.2 Å². The fourth-order valence-corrected chi connectivity index (χ4v) is 3.30. The molecule has 1 heterocycles. The number of aryl methyl sites for hydroxylation is 2. The van der Waals surface area contributed by atoms with E-state index in [1.54, 1.807) is 6.92 Å². The number of ketones is 1. The summed E-state index contributed by atoms with van der Waals surface area (Å²) in [4.78, 5) is 16.1. The van der Waals surface area contributed by atoms with Crippen LogP contribution in [0.2, 0.25) is 0 Å². The molecule has 1 N–H and O–H groups in total. The summed E-state index contributed by atoms with van der Waals surface area (Å²) in [6, 6.07) is 11.8. The van der Waals surface area contributed by atoms with Gasteiger partial charge in [-0.2, -0.15) is 0 Å². The Kier molecular flexibility index (Phi) is 5.09. The Bertz CT molecular complexity index is 760. The van der Waals surface area contributed by atoms with Crippen molar-refractivity contribution in [2.24, 2.45) is 0 Å². The highest BCUT2D eigenvalue weighted by atomic mass is 16.3. The zero-order valence-electron chi connectivity index (χ0n) is 15.2. The lowest BCUT2D eigenvalue weighted by Gasteiger charge is -2.36. The third kappa shape index (κ3) is 4.02. The van der Waals surface area contributed by atoms with Gasteiger partial charge in [-0.25, -0.2) is 0 Å². The lowest BCUT2D eigenvalue weighted by atomic mass is 10.0. The molecule has 0 aliphatic carbocycles. The van der Waals surface area contributed by atoms with E-state index in [0.29, 0.717) is 5.75 Å². The molecule has 0 spiro atoms. The Balaban J connectivity index is 1.60. The van der Waals surface area contributed by atoms with Gasteiger partial charge in [0.1, 0.15) is 5.75 Å². The molecule has 0 amide bonds. The minimum atomic E-state index is 0.101. The summed E-state index contributed by atoms with van der Waals surface area (Å²) >= 11 is 0. The number of piperazine rings is 1. The topological polar surface area (TPSA) is 43.8 Å². The van der Waals surface area contributed by atoms with Crippen molar-refractivity contribution in [3.8, 4) is 5.75 Å². The van der Waals surface area contributed by atoms with E-state index in [1.807, 2.05) is 37.3 Å². The summed E-state index contributed by atoms with van der Waals surface area (Å²) in [5.41, 5.74) is 5.27. The van der Waals surface area contributed by atoms with Crippen LogP contribution in [0.5, 0.6) is 5.75 Å². The van der Waals surface area contributed by atoms with E-state index in [1.165, 1.54) is 11.3 Å². The van der Waals surface area contributed by atoms with Crippen LogP contribution in [-0.2, 0) is 6.54 Å². The number of aromatic hydroxyl groups is 1. The number of nitrogens with zero attached hydrogens (tertiary/aromatic N) is 2. The normalized spacial score (nSPS) is 15.4. The number of carbonyl (C=O) groups is 1. The number of hydrogen-bond acceptors (Lipinski definition) is 4. The SMILES string of the molecule is CC(=O)c1ccc(N2CCN(Cc3cc(C)c(C)cc3O)CC2)cc1. The van der Waals surface area contributed by atoms with E-state index in [-0.39, 0.29) is 5.78 Å². The number of benzene rings is 2. The molecule has 0 unspecified atom stereocenters. The smallest absolute Gasteiger partial charge is 0.159 e. The first-order chi connectivity index (χ1) is 11.9. The molecule has 0 saturated carbocycles. The third-order valence-electron chi connectivity index (χ3n) is 5.10. The molecule has 132 valence electrons. The maximum atomic E-state index is 11.4. The Morgan fingerprint density at radius 2 is 1.60 bits per heavy atom. The maximum absolute atomic E-state index is 11.4. The molecule has 0 radical (unpaired) electrons. The summed E-state index contributed by atoms with van der Waals surface area (Å²) in [5.74, 6) is 0.495. The average Bonchev–Trinajstić information content (AvgIpc) is 2.60. The van der Waals surface area contributed by atoms with Gasteiger partial charge in [0, 0.05) is 49.5 Å². The molecular weight excluding hydrogens is 312 g/mol. The molecule has 3 rings (SSSR count). The van der Waals surface area contributed by atoms with Crippen molar-refractivity contribution < 1.29 is 9.90 Å². The number of hydrogen-bond donors (Lipinski definition) is 1. The maximum Gasteiger partial charge on any atom is 0.159 e. The Morgan fingerprint density at radius 3 is 2.20 bits per heavy atom. The zero-order valence-corrected chi connectivity index (χ0v) is 15.2. The van der Waals surface area contributed by atoms with Crippen LogP contribution in [0.4, 0.5) is 5.69 Å². The highest BCUT2D eigenvalue weighted by Crippen LogP contribution is 2.24. The van der Waals surface area contributed by atoms with Crippen LogP contribution in [0.25, 0.3) is 0 Å². The minimum Gasteiger partial charge on any atom is -0.508 e. The average molecular weight is 338 g/mol. The highest BCUT2D eigenvalue weighted by molar-refractivity contribution is 5.94. The largest absolute Gasteiger partial charge is 0.508 e. The van der Waals surface area contributed by atoms with Gasteiger partial charge in [0.05, 0.1) is 0 Å². The van der Waals surface area contributed by atoms with Crippen LogP contribution in [0.1, 0.15) is 34.0 Å². The molecule has 2 aromatic carbocycles. The standard InChI is InChI=1S/C21H26N2O2/c1-15-12-19(21(25)13-16(15)2)14-22-8-10-23(11-9-22)20-6-4-18(5-7-20)17(3)24/h4-7,12-13,25H,8-11,14H2,1-3H3. The Hall–Kier alpha value is -2.33. The molecule has 4 heteroatoms. The molecular formula is C21H26N2O2. The molecule has 0 aromatic heterocycles. The van der Waals surface area contributed by atoms with Crippen LogP contribution in [0.3, 0.4) is 0 Å². The van der Waals surface area contributed by atoms with Crippen LogP contribution in [0.15, 0.2) is 36.4 Å². The van der Waals surface area contributed by atoms with Crippen LogP contribution >= 0.6 is 0 Å². The first-order valence-corrected chi connectivity index (χ1v) is 8.81. The predicted molar refractivity (Wildman–Crippen MR) is 102 cm³/mol. The van der Waals surface area contributed by atoms with Gasteiger partial charge in [0.15, 0.2) is 5.78 Å². The van der Waals surface area contributed by atoms with Crippen LogP contribution < -0.4 is 4.90 Å². The first-order valence-electron chi connectivity index (χ1n) is 8.81. The van der Waals surface area contributed by atoms with Gasteiger partial charge in [-0.1, -0.05) is 6.07 Å². The van der Waals surface area contributed by atoms with Gasteiger partial charge in [-0.15, -0.1) is 0 Å². The van der Waals surface area contributed by atoms with E-state index in [9.17, 15) is 9.90 Å². The van der Waals surface area contributed by atoms with Gasteiger partial charge in [-0.3, -0.25) is 9.69 Å². The fourth-order valence-electron chi connectivity index (χ4n) is 3.30. The summed E-state index contributed by atoms with van der Waals surface area (Å²) in [6.45, 7) is 10.3. The summed E-state index contributed by atoms with van der Waals surface area (Å²) in [7, 11) is 0. The third-order valence-corrected chi connectivity index (χ3v) is 5.10. The number of anilines is 1. The van der Waals surface area contributed by atoms with E-state index in [0.717, 1.165) is 49.4 Å². The lowest BCUT2D eigenvalue weighted by Crippen LogP contribution is -2.46. The summed E-state index contributed by atoms with van der Waals surface area (Å²) in [6.07, 6.45) is 0. The van der Waals surface area contributed by atoms with Crippen molar-refractivity contribution in [2.45, 2.75) is 27.3 Å². The number of rotatable bonds is 4. The lowest BCUT2D eigenvalue weighted by molar-refractivity contribution is 0.101. The second-order valence-corrected chi connectivity index (χ2v) is 6.93. The monoisotopic (exact) mass is 338 g/mol. The van der Waals surface area contributed by atoms with E-state index >= 15 is 0 Å². The number of Topliss-reactive ketones (excluding diaryl/α,β-unsaturated/α-hetero) is 1. The molecule has 1 fully saturated rings. The highest BCUT2D eigenvalue weighted by Gasteiger charge is 2.18. The van der Waals surface area contributed by atoms with E-state index in [2.05, 4.69) is 22.8 Å². The van der Waals surface area contributed by atoms with Crippen molar-refractivity contribution in [1.82, 2.24) is 4.90 Å². The number of phenolic OH excluding ortho intramolecular Hbond substituents is 1.